The molecule has 0 saturated carbocycles. The number of phosphoric acid groups is 1. The molecule has 3 unspecified atom stereocenters. The molecule has 0 spiro atoms. The summed E-state index contributed by atoms with van der Waals surface area (Å²) in [6.45, 7) is 4.45. The molecule has 404 valence electrons. The lowest BCUT2D eigenvalue weighted by Gasteiger charge is -2.29. The maximum absolute atomic E-state index is 12.9. The van der Waals surface area contributed by atoms with Gasteiger partial charge in [-0.1, -0.05) is 218 Å². The molecule has 2 N–H and O–H groups in total. The number of rotatable bonds is 49. The standard InChI is InChI=1S/C62H105N2O6P/c1-6-8-10-12-14-16-18-20-22-23-24-25-26-27-28-29-30-31-32-33-34-35-36-37-38-39-40-41-42-44-46-48-50-52-54-56-62(66)63-60(59-70-71(67,68)69-58-57-64(3,4)5)61(65)55-53-51-49-47-45-43-21-19-17-15-13-11-9-7-2/h8,10,14,16-17,19-20,22,24-25,27-28,30-31,33-34,36-37,45,47,53,55,60-61,65H,6-7,9,11-13,15,18,21,23,26,29,32,35,38-44,46,48-52,54,56-59H2,1-5H3,(H-,63,66,67,68)/b10-8-,16-14-,19-17+,22-20-,25-24-,28-27-,31-30-,34-33-,37-36-,47-45+,55-53+. The Morgan fingerprint density at radius 2 is 0.873 bits per heavy atom. The number of carbonyl (C=O) groups excluding carboxylic acids is 1. The summed E-state index contributed by atoms with van der Waals surface area (Å²) >= 11 is 0. The number of quaternary nitrogens is 1. The first-order valence-corrected chi connectivity index (χ1v) is 29.5. The highest BCUT2D eigenvalue weighted by Crippen LogP contribution is 2.38. The van der Waals surface area contributed by atoms with Crippen molar-refractivity contribution < 1.29 is 32.9 Å². The van der Waals surface area contributed by atoms with Gasteiger partial charge in [-0.2, -0.15) is 0 Å². The van der Waals surface area contributed by atoms with Gasteiger partial charge in [-0.25, -0.2) is 0 Å². The van der Waals surface area contributed by atoms with Gasteiger partial charge < -0.3 is 28.8 Å². The molecule has 8 nitrogen and oxygen atoms in total. The molecule has 71 heavy (non-hydrogen) atoms. The highest BCUT2D eigenvalue weighted by molar-refractivity contribution is 7.45. The van der Waals surface area contributed by atoms with Gasteiger partial charge in [-0.05, 0) is 109 Å². The van der Waals surface area contributed by atoms with Crippen molar-refractivity contribution in [2.75, 3.05) is 40.9 Å². The van der Waals surface area contributed by atoms with E-state index in [1.165, 1.54) is 64.2 Å². The zero-order valence-corrected chi connectivity index (χ0v) is 46.8. The highest BCUT2D eigenvalue weighted by Gasteiger charge is 2.23. The third-order valence-corrected chi connectivity index (χ3v) is 12.5. The molecular weight excluding hydrogens is 900 g/mol. The Kier molecular flexibility index (Phi) is 49.1. The summed E-state index contributed by atoms with van der Waals surface area (Å²) in [5.41, 5.74) is 0. The summed E-state index contributed by atoms with van der Waals surface area (Å²) in [4.78, 5) is 25.4. The van der Waals surface area contributed by atoms with Gasteiger partial charge in [-0.15, -0.1) is 0 Å². The van der Waals surface area contributed by atoms with E-state index < -0.39 is 26.6 Å². The minimum Gasteiger partial charge on any atom is -0.756 e. The van der Waals surface area contributed by atoms with Gasteiger partial charge in [0.05, 0.1) is 39.9 Å². The van der Waals surface area contributed by atoms with Crippen LogP contribution in [0.2, 0.25) is 0 Å². The molecule has 9 heteroatoms. The number of allylic oxidation sites excluding steroid dienone is 21. The average molecular weight is 1010 g/mol. The van der Waals surface area contributed by atoms with Crippen LogP contribution in [0.3, 0.4) is 0 Å². The number of likely N-dealkylation sites (N-methyl/N-ethyl adjacent to an activating group) is 1. The number of unbranched alkanes of at least 4 members (excludes halogenated alkanes) is 16. The lowest BCUT2D eigenvalue weighted by molar-refractivity contribution is -0.870. The van der Waals surface area contributed by atoms with E-state index in [9.17, 15) is 19.4 Å². The van der Waals surface area contributed by atoms with Gasteiger partial charge >= 0.3 is 0 Å². The van der Waals surface area contributed by atoms with Crippen LogP contribution in [0, 0.1) is 0 Å². The molecule has 0 aromatic carbocycles. The molecule has 0 rings (SSSR count). The zero-order valence-electron chi connectivity index (χ0n) is 45.9. The van der Waals surface area contributed by atoms with Gasteiger partial charge in [0, 0.05) is 6.42 Å². The molecule has 0 fully saturated rings. The second-order valence-corrected chi connectivity index (χ2v) is 20.9. The summed E-state index contributed by atoms with van der Waals surface area (Å²) in [5.74, 6) is -0.223. The largest absolute Gasteiger partial charge is 0.756 e. The Morgan fingerprint density at radius 3 is 1.31 bits per heavy atom. The van der Waals surface area contributed by atoms with Crippen LogP contribution in [0.4, 0.5) is 0 Å². The van der Waals surface area contributed by atoms with Crippen LogP contribution in [0.25, 0.3) is 0 Å². The average Bonchev–Trinajstić information content (AvgIpc) is 3.33. The summed E-state index contributed by atoms with van der Waals surface area (Å²) in [7, 11) is 1.21. The van der Waals surface area contributed by atoms with Crippen molar-refractivity contribution in [1.82, 2.24) is 5.32 Å². The molecule has 0 saturated heterocycles. The van der Waals surface area contributed by atoms with Crippen LogP contribution in [-0.4, -0.2) is 68.5 Å². The van der Waals surface area contributed by atoms with E-state index in [0.717, 1.165) is 116 Å². The van der Waals surface area contributed by atoms with E-state index in [1.54, 1.807) is 6.08 Å². The highest BCUT2D eigenvalue weighted by atomic mass is 31.2. The van der Waals surface area contributed by atoms with Crippen molar-refractivity contribution in [2.24, 2.45) is 0 Å². The normalized spacial score (nSPS) is 15.0. The Balaban J connectivity index is 4.20. The fraction of sp³-hybridized carbons (Fsp3) is 0.629. The quantitative estimate of drug-likeness (QED) is 0.0272. The molecule has 0 bridgehead atoms. The monoisotopic (exact) mass is 1000 g/mol. The van der Waals surface area contributed by atoms with Crippen molar-refractivity contribution in [1.29, 1.82) is 0 Å². The first kappa shape index (κ1) is 67.6. The van der Waals surface area contributed by atoms with Crippen molar-refractivity contribution in [2.45, 2.75) is 212 Å². The number of aliphatic hydroxyl groups excluding tert-OH is 1. The van der Waals surface area contributed by atoms with Gasteiger partial charge in [0.25, 0.3) is 7.82 Å². The molecule has 0 heterocycles. The Hall–Kier alpha value is -3.36. The maximum atomic E-state index is 12.9. The van der Waals surface area contributed by atoms with Crippen molar-refractivity contribution in [3.8, 4) is 0 Å². The first-order valence-electron chi connectivity index (χ1n) is 28.0. The van der Waals surface area contributed by atoms with Crippen LogP contribution >= 0.6 is 7.82 Å². The number of carbonyl (C=O) groups is 1. The van der Waals surface area contributed by atoms with Crippen LogP contribution in [-0.2, 0) is 18.4 Å². The Bertz CT molecular complexity index is 1610. The molecule has 0 aliphatic heterocycles. The predicted octanol–water partition coefficient (Wildman–Crippen LogP) is 16.5. The fourth-order valence-electron chi connectivity index (χ4n) is 7.20. The number of nitrogens with zero attached hydrogens (tertiary/aromatic N) is 1. The lowest BCUT2D eigenvalue weighted by atomic mass is 10.0. The predicted molar refractivity (Wildman–Crippen MR) is 306 cm³/mol. The van der Waals surface area contributed by atoms with Crippen molar-refractivity contribution in [3.05, 3.63) is 134 Å². The second-order valence-electron chi connectivity index (χ2n) is 19.5. The zero-order chi connectivity index (χ0) is 52.0. The summed E-state index contributed by atoms with van der Waals surface area (Å²) in [6.07, 6.45) is 78.1. The molecule has 1 amide bonds. The molecule has 0 radical (unpaired) electrons. The van der Waals surface area contributed by atoms with E-state index in [-0.39, 0.29) is 12.5 Å². The minimum atomic E-state index is -4.61. The molecule has 0 aliphatic rings. The summed E-state index contributed by atoms with van der Waals surface area (Å²) < 4.78 is 23.3. The van der Waals surface area contributed by atoms with E-state index in [1.807, 2.05) is 27.2 Å². The molecule has 0 aliphatic carbocycles. The van der Waals surface area contributed by atoms with Gasteiger partial charge in [-0.3, -0.25) is 9.36 Å². The molecule has 0 aromatic rings. The summed E-state index contributed by atoms with van der Waals surface area (Å²) in [6, 6.07) is -0.921. The number of hydrogen-bond acceptors (Lipinski definition) is 6. The number of hydrogen-bond donors (Lipinski definition) is 2. The van der Waals surface area contributed by atoms with Crippen LogP contribution < -0.4 is 10.2 Å². The lowest BCUT2D eigenvalue weighted by Crippen LogP contribution is -2.45. The van der Waals surface area contributed by atoms with Crippen LogP contribution in [0.15, 0.2) is 134 Å². The third-order valence-electron chi connectivity index (χ3n) is 11.6. The van der Waals surface area contributed by atoms with Crippen molar-refractivity contribution >= 4 is 13.7 Å². The third kappa shape index (κ3) is 54.3. The minimum absolute atomic E-state index is 0.0166. The van der Waals surface area contributed by atoms with E-state index >= 15 is 0 Å². The van der Waals surface area contributed by atoms with E-state index in [2.05, 4.69) is 141 Å². The first-order chi connectivity index (χ1) is 34.5. The number of amides is 1. The Morgan fingerprint density at radius 1 is 0.507 bits per heavy atom. The topological polar surface area (TPSA) is 108 Å². The summed E-state index contributed by atoms with van der Waals surface area (Å²) in [5, 5.41) is 13.8. The van der Waals surface area contributed by atoms with E-state index in [4.69, 9.17) is 9.05 Å². The smallest absolute Gasteiger partial charge is 0.268 e. The van der Waals surface area contributed by atoms with Gasteiger partial charge in [0.15, 0.2) is 0 Å². The molecular formula is C62H105N2O6P. The van der Waals surface area contributed by atoms with E-state index in [0.29, 0.717) is 17.4 Å². The second kappa shape index (κ2) is 51.5. The maximum Gasteiger partial charge on any atom is 0.268 e. The number of phosphoric ester groups is 1. The van der Waals surface area contributed by atoms with Crippen molar-refractivity contribution in [3.63, 3.8) is 0 Å². The van der Waals surface area contributed by atoms with Crippen LogP contribution in [0.1, 0.15) is 200 Å². The van der Waals surface area contributed by atoms with Gasteiger partial charge in [0.1, 0.15) is 13.2 Å². The molecule has 0 aromatic heterocycles. The Labute approximate surface area is 436 Å². The number of nitrogens with one attached hydrogen (secondary N) is 1. The SMILES string of the molecule is CC/C=C\C/C=C\C/C=C\C/C=C\C/C=C\C/C=C\C/C=C\C/C=C\CCCCCCCCCCCCC(=O)NC(COP(=O)([O-])OCC[N+](C)(C)C)C(O)/C=C/CC/C=C/CC/C=C/CCCCCC. The number of aliphatic hydroxyl groups is 1. The molecule has 3 atom stereocenters. The fourth-order valence-corrected chi connectivity index (χ4v) is 7.92. The van der Waals surface area contributed by atoms with Gasteiger partial charge in [0.2, 0.25) is 5.91 Å². The van der Waals surface area contributed by atoms with Crippen LogP contribution in [0.5, 0.6) is 0 Å².